The molecule has 2 rings (SSSR count). The number of imidazole rings is 1. The van der Waals surface area contributed by atoms with Gasteiger partial charge in [0.2, 0.25) is 0 Å². The van der Waals surface area contributed by atoms with E-state index < -0.39 is 0 Å². The monoisotopic (exact) mass is 264 g/mol. The second-order valence-electron chi connectivity index (χ2n) is 3.16. The summed E-state index contributed by atoms with van der Waals surface area (Å²) in [6, 6.07) is 7.84. The fraction of sp³-hybridized carbons (Fsp3) is 0.0909. The third-order valence-corrected chi connectivity index (χ3v) is 2.97. The van der Waals surface area contributed by atoms with Crippen LogP contribution in [-0.2, 0) is 7.05 Å². The van der Waals surface area contributed by atoms with Gasteiger partial charge in [-0.3, -0.25) is 4.79 Å². The largest absolute Gasteiger partial charge is 0.325 e. The van der Waals surface area contributed by atoms with Gasteiger partial charge in [-0.25, -0.2) is 4.98 Å². The van der Waals surface area contributed by atoms with Gasteiger partial charge in [-0.15, -0.1) is 0 Å². The summed E-state index contributed by atoms with van der Waals surface area (Å²) in [4.78, 5) is 14.7. The molecule has 1 aromatic heterocycles. The van der Waals surface area contributed by atoms with E-state index in [-0.39, 0.29) is 0 Å². The fourth-order valence-electron chi connectivity index (χ4n) is 1.45. The molecule has 0 saturated heterocycles. The molecule has 0 unspecified atom stereocenters. The predicted octanol–water partition coefficient (Wildman–Crippen LogP) is 2.66. The molecule has 15 heavy (non-hydrogen) atoms. The van der Waals surface area contributed by atoms with Crippen molar-refractivity contribution in [2.24, 2.45) is 7.05 Å². The highest BCUT2D eigenvalue weighted by Gasteiger charge is 2.09. The molecule has 0 aliphatic rings. The van der Waals surface area contributed by atoms with Gasteiger partial charge in [-0.1, -0.05) is 34.1 Å². The van der Waals surface area contributed by atoms with Gasteiger partial charge in [0.15, 0.2) is 12.1 Å². The zero-order valence-corrected chi connectivity index (χ0v) is 9.73. The first-order valence-corrected chi connectivity index (χ1v) is 5.25. The molecule has 0 fully saturated rings. The Kier molecular flexibility index (Phi) is 2.68. The van der Waals surface area contributed by atoms with Crippen molar-refractivity contribution < 1.29 is 4.79 Å². The standard InChI is InChI=1S/C11H9BrN2O/c1-14-10(6-13-11(14)7-15)8-4-2-3-5-9(8)12/h2-7H,1H3. The Labute approximate surface area is 95.9 Å². The Hall–Kier alpha value is -1.42. The van der Waals surface area contributed by atoms with E-state index in [9.17, 15) is 4.79 Å². The first kappa shape index (κ1) is 10.1. The number of aromatic nitrogens is 2. The van der Waals surface area contributed by atoms with Gasteiger partial charge in [-0.2, -0.15) is 0 Å². The summed E-state index contributed by atoms with van der Waals surface area (Å²) in [6.45, 7) is 0. The van der Waals surface area contributed by atoms with Crippen molar-refractivity contribution in [3.05, 3.63) is 40.8 Å². The number of halogens is 1. The van der Waals surface area contributed by atoms with Gasteiger partial charge >= 0.3 is 0 Å². The molecule has 0 radical (unpaired) electrons. The van der Waals surface area contributed by atoms with Crippen LogP contribution in [0.5, 0.6) is 0 Å². The normalized spacial score (nSPS) is 10.3. The van der Waals surface area contributed by atoms with Gasteiger partial charge in [0.05, 0.1) is 11.9 Å². The highest BCUT2D eigenvalue weighted by atomic mass is 79.9. The van der Waals surface area contributed by atoms with Gasteiger partial charge < -0.3 is 4.57 Å². The highest BCUT2D eigenvalue weighted by Crippen LogP contribution is 2.27. The van der Waals surface area contributed by atoms with Crippen molar-refractivity contribution in [1.29, 1.82) is 0 Å². The Morgan fingerprint density at radius 1 is 1.40 bits per heavy atom. The van der Waals surface area contributed by atoms with Crippen molar-refractivity contribution in [1.82, 2.24) is 9.55 Å². The maximum atomic E-state index is 10.7. The van der Waals surface area contributed by atoms with E-state index in [1.54, 1.807) is 10.8 Å². The topological polar surface area (TPSA) is 34.9 Å². The van der Waals surface area contributed by atoms with Gasteiger partial charge in [-0.05, 0) is 6.07 Å². The molecule has 3 nitrogen and oxygen atoms in total. The Morgan fingerprint density at radius 2 is 2.13 bits per heavy atom. The maximum Gasteiger partial charge on any atom is 0.185 e. The predicted molar refractivity (Wildman–Crippen MR) is 61.7 cm³/mol. The summed E-state index contributed by atoms with van der Waals surface area (Å²) in [6.07, 6.45) is 2.45. The molecule has 1 heterocycles. The minimum Gasteiger partial charge on any atom is -0.325 e. The summed E-state index contributed by atoms with van der Waals surface area (Å²) >= 11 is 3.47. The lowest BCUT2D eigenvalue weighted by Gasteiger charge is -2.05. The summed E-state index contributed by atoms with van der Waals surface area (Å²) in [5.41, 5.74) is 1.95. The average molecular weight is 265 g/mol. The van der Waals surface area contributed by atoms with Gasteiger partial charge in [0.1, 0.15) is 0 Å². The molecule has 0 saturated carbocycles. The lowest BCUT2D eigenvalue weighted by atomic mass is 10.2. The van der Waals surface area contributed by atoms with Crippen LogP contribution in [0, 0.1) is 0 Å². The van der Waals surface area contributed by atoms with Gasteiger partial charge in [0.25, 0.3) is 0 Å². The minimum atomic E-state index is 0.431. The molecule has 1 aromatic carbocycles. The summed E-state index contributed by atoms with van der Waals surface area (Å²) in [7, 11) is 1.82. The molecular weight excluding hydrogens is 256 g/mol. The van der Waals surface area contributed by atoms with Crippen LogP contribution in [0.3, 0.4) is 0 Å². The summed E-state index contributed by atoms with van der Waals surface area (Å²) < 4.78 is 2.76. The molecule has 76 valence electrons. The Morgan fingerprint density at radius 3 is 2.73 bits per heavy atom. The molecular formula is C11H9BrN2O. The van der Waals surface area contributed by atoms with Crippen LogP contribution >= 0.6 is 15.9 Å². The van der Waals surface area contributed by atoms with E-state index in [0.29, 0.717) is 5.82 Å². The van der Waals surface area contributed by atoms with E-state index in [4.69, 9.17) is 0 Å². The van der Waals surface area contributed by atoms with Crippen LogP contribution in [0.2, 0.25) is 0 Å². The van der Waals surface area contributed by atoms with Crippen LogP contribution in [-0.4, -0.2) is 15.8 Å². The van der Waals surface area contributed by atoms with Crippen LogP contribution in [0.1, 0.15) is 10.6 Å². The van der Waals surface area contributed by atoms with E-state index in [0.717, 1.165) is 22.0 Å². The van der Waals surface area contributed by atoms with Crippen LogP contribution in [0.25, 0.3) is 11.3 Å². The zero-order chi connectivity index (χ0) is 10.8. The SMILES string of the molecule is Cn1c(-c2ccccc2Br)cnc1C=O. The molecule has 2 aromatic rings. The second kappa shape index (κ2) is 3.98. The van der Waals surface area contributed by atoms with Crippen LogP contribution < -0.4 is 0 Å². The maximum absolute atomic E-state index is 10.7. The second-order valence-corrected chi connectivity index (χ2v) is 4.01. The number of nitrogens with zero attached hydrogens (tertiary/aromatic N) is 2. The minimum absolute atomic E-state index is 0.431. The third-order valence-electron chi connectivity index (χ3n) is 2.28. The number of hydrogen-bond acceptors (Lipinski definition) is 2. The van der Waals surface area contributed by atoms with Crippen molar-refractivity contribution in [2.75, 3.05) is 0 Å². The molecule has 0 bridgehead atoms. The fourth-order valence-corrected chi connectivity index (χ4v) is 1.94. The Bertz CT molecular complexity index is 505. The first-order valence-electron chi connectivity index (χ1n) is 4.46. The van der Waals surface area contributed by atoms with Crippen molar-refractivity contribution in [2.45, 2.75) is 0 Å². The van der Waals surface area contributed by atoms with Gasteiger partial charge in [0, 0.05) is 17.1 Å². The smallest absolute Gasteiger partial charge is 0.185 e. The number of carbonyl (C=O) groups is 1. The molecule has 0 spiro atoms. The summed E-state index contributed by atoms with van der Waals surface area (Å²) in [5.74, 6) is 0.431. The third kappa shape index (κ3) is 1.72. The lowest BCUT2D eigenvalue weighted by molar-refractivity contribution is 0.111. The highest BCUT2D eigenvalue weighted by molar-refractivity contribution is 9.10. The van der Waals surface area contributed by atoms with E-state index in [1.807, 2.05) is 31.3 Å². The summed E-state index contributed by atoms with van der Waals surface area (Å²) in [5, 5.41) is 0. The zero-order valence-electron chi connectivity index (χ0n) is 8.14. The van der Waals surface area contributed by atoms with E-state index >= 15 is 0 Å². The number of aldehydes is 1. The number of hydrogen-bond donors (Lipinski definition) is 0. The van der Waals surface area contributed by atoms with Crippen molar-refractivity contribution in [3.8, 4) is 11.3 Å². The average Bonchev–Trinajstić information content (AvgIpc) is 2.60. The van der Waals surface area contributed by atoms with Crippen LogP contribution in [0.15, 0.2) is 34.9 Å². The number of rotatable bonds is 2. The molecule has 0 N–H and O–H groups in total. The van der Waals surface area contributed by atoms with E-state index in [2.05, 4.69) is 20.9 Å². The molecule has 0 amide bonds. The number of benzene rings is 1. The molecule has 4 heteroatoms. The quantitative estimate of drug-likeness (QED) is 0.782. The molecule has 0 atom stereocenters. The lowest BCUT2D eigenvalue weighted by Crippen LogP contribution is -1.97. The molecule has 0 aliphatic carbocycles. The first-order chi connectivity index (χ1) is 7.24. The Balaban J connectivity index is 2.59. The van der Waals surface area contributed by atoms with Crippen molar-refractivity contribution >= 4 is 22.2 Å². The number of carbonyl (C=O) groups excluding carboxylic acids is 1. The van der Waals surface area contributed by atoms with Crippen molar-refractivity contribution in [3.63, 3.8) is 0 Å². The molecule has 0 aliphatic heterocycles. The van der Waals surface area contributed by atoms with Crippen LogP contribution in [0.4, 0.5) is 0 Å². The van der Waals surface area contributed by atoms with E-state index in [1.165, 1.54) is 0 Å².